The lowest BCUT2D eigenvalue weighted by molar-refractivity contribution is 0.403. The molecule has 1 aromatic heterocycles. The van der Waals surface area contributed by atoms with E-state index in [0.29, 0.717) is 23.3 Å². The Balaban J connectivity index is 2.25. The molecule has 0 aliphatic carbocycles. The van der Waals surface area contributed by atoms with Gasteiger partial charge < -0.3 is 10.5 Å². The standard InChI is InChI=1S/C12H8N4O/c13-6-8-5-7-1-2-9-10(16-4-3-15-9)11(7)17-12(8)14/h1-4H,5,14H2. The zero-order chi connectivity index (χ0) is 11.8. The molecule has 0 saturated heterocycles. The molecular weight excluding hydrogens is 216 g/mol. The van der Waals surface area contributed by atoms with Crippen LogP contribution in [0.3, 0.4) is 0 Å². The van der Waals surface area contributed by atoms with Crippen molar-refractivity contribution in [3.8, 4) is 11.8 Å². The van der Waals surface area contributed by atoms with E-state index in [1.165, 1.54) is 0 Å². The van der Waals surface area contributed by atoms with Gasteiger partial charge in [-0.1, -0.05) is 6.07 Å². The summed E-state index contributed by atoms with van der Waals surface area (Å²) in [6.45, 7) is 0. The lowest BCUT2D eigenvalue weighted by Crippen LogP contribution is -2.16. The molecule has 1 aliphatic heterocycles. The van der Waals surface area contributed by atoms with Crippen LogP contribution in [0.2, 0.25) is 0 Å². The van der Waals surface area contributed by atoms with E-state index in [0.717, 1.165) is 11.1 Å². The number of ether oxygens (including phenoxy) is 1. The second-order valence-electron chi connectivity index (χ2n) is 3.71. The van der Waals surface area contributed by atoms with Gasteiger partial charge in [0.2, 0.25) is 5.88 Å². The lowest BCUT2D eigenvalue weighted by Gasteiger charge is -2.18. The van der Waals surface area contributed by atoms with Crippen molar-refractivity contribution in [1.82, 2.24) is 9.97 Å². The van der Waals surface area contributed by atoms with Crippen LogP contribution >= 0.6 is 0 Å². The highest BCUT2D eigenvalue weighted by atomic mass is 16.5. The quantitative estimate of drug-likeness (QED) is 0.728. The normalized spacial score (nSPS) is 14.1. The minimum absolute atomic E-state index is 0.151. The van der Waals surface area contributed by atoms with Gasteiger partial charge in [0.05, 0.1) is 11.1 Å². The van der Waals surface area contributed by atoms with E-state index in [-0.39, 0.29) is 5.88 Å². The Morgan fingerprint density at radius 1 is 1.29 bits per heavy atom. The number of allylic oxidation sites excluding steroid dienone is 1. The molecule has 5 nitrogen and oxygen atoms in total. The first-order chi connectivity index (χ1) is 8.29. The maximum absolute atomic E-state index is 8.90. The van der Waals surface area contributed by atoms with Gasteiger partial charge in [0.15, 0.2) is 5.75 Å². The van der Waals surface area contributed by atoms with Crippen molar-refractivity contribution < 1.29 is 4.74 Å². The molecule has 5 heteroatoms. The predicted octanol–water partition coefficient (Wildman–Crippen LogP) is 1.26. The molecule has 1 aliphatic rings. The SMILES string of the molecule is N#CC1=C(N)Oc2c(ccc3nccnc23)C1. The highest BCUT2D eigenvalue weighted by Gasteiger charge is 2.20. The van der Waals surface area contributed by atoms with Crippen molar-refractivity contribution in [2.45, 2.75) is 6.42 Å². The molecule has 0 radical (unpaired) electrons. The van der Waals surface area contributed by atoms with Gasteiger partial charge in [0, 0.05) is 24.4 Å². The molecular formula is C12H8N4O. The van der Waals surface area contributed by atoms with Gasteiger partial charge in [-0.2, -0.15) is 5.26 Å². The van der Waals surface area contributed by atoms with E-state index >= 15 is 0 Å². The summed E-state index contributed by atoms with van der Waals surface area (Å²) in [5.74, 6) is 0.755. The molecule has 0 spiro atoms. The van der Waals surface area contributed by atoms with Gasteiger partial charge in [0.25, 0.3) is 0 Å². The van der Waals surface area contributed by atoms with Gasteiger partial charge in [-0.05, 0) is 6.07 Å². The van der Waals surface area contributed by atoms with Gasteiger partial charge in [-0.3, -0.25) is 4.98 Å². The Morgan fingerprint density at radius 3 is 2.94 bits per heavy atom. The Hall–Kier alpha value is -2.61. The first-order valence-corrected chi connectivity index (χ1v) is 5.09. The van der Waals surface area contributed by atoms with E-state index in [4.69, 9.17) is 15.7 Å². The largest absolute Gasteiger partial charge is 0.438 e. The molecule has 2 N–H and O–H groups in total. The predicted molar refractivity (Wildman–Crippen MR) is 60.7 cm³/mol. The van der Waals surface area contributed by atoms with Crippen LogP contribution in [0.4, 0.5) is 0 Å². The summed E-state index contributed by atoms with van der Waals surface area (Å²) >= 11 is 0. The van der Waals surface area contributed by atoms with Crippen LogP contribution in [0.1, 0.15) is 5.56 Å². The average Bonchev–Trinajstić information content (AvgIpc) is 2.38. The third-order valence-corrected chi connectivity index (χ3v) is 2.69. The van der Waals surface area contributed by atoms with Crippen LogP contribution in [-0.2, 0) is 6.42 Å². The second kappa shape index (κ2) is 3.46. The zero-order valence-electron chi connectivity index (χ0n) is 8.84. The Kier molecular flexibility index (Phi) is 1.95. The number of hydrogen-bond donors (Lipinski definition) is 1. The van der Waals surface area contributed by atoms with Crippen molar-refractivity contribution in [3.63, 3.8) is 0 Å². The Labute approximate surface area is 97.2 Å². The minimum Gasteiger partial charge on any atom is -0.438 e. The second-order valence-corrected chi connectivity index (χ2v) is 3.71. The van der Waals surface area contributed by atoms with Crippen molar-refractivity contribution in [2.24, 2.45) is 5.73 Å². The summed E-state index contributed by atoms with van der Waals surface area (Å²) < 4.78 is 5.48. The monoisotopic (exact) mass is 224 g/mol. The summed E-state index contributed by atoms with van der Waals surface area (Å²) in [6.07, 6.45) is 3.70. The van der Waals surface area contributed by atoms with E-state index < -0.39 is 0 Å². The molecule has 2 heterocycles. The number of aromatic nitrogens is 2. The number of rotatable bonds is 0. The summed E-state index contributed by atoms with van der Waals surface area (Å²) in [5, 5.41) is 8.90. The first kappa shape index (κ1) is 9.60. The number of fused-ring (bicyclic) bond motifs is 3. The van der Waals surface area contributed by atoms with Crippen LogP contribution in [0, 0.1) is 11.3 Å². The van der Waals surface area contributed by atoms with Crippen LogP contribution in [-0.4, -0.2) is 9.97 Å². The number of benzene rings is 1. The maximum Gasteiger partial charge on any atom is 0.205 e. The highest BCUT2D eigenvalue weighted by Crippen LogP contribution is 2.33. The topological polar surface area (TPSA) is 84.8 Å². The minimum atomic E-state index is 0.151. The zero-order valence-corrected chi connectivity index (χ0v) is 8.84. The van der Waals surface area contributed by atoms with Crippen molar-refractivity contribution in [3.05, 3.63) is 41.5 Å². The van der Waals surface area contributed by atoms with E-state index in [1.807, 2.05) is 18.2 Å². The molecule has 0 amide bonds. The lowest BCUT2D eigenvalue weighted by atomic mass is 10.0. The van der Waals surface area contributed by atoms with Crippen LogP contribution in [0.25, 0.3) is 11.0 Å². The smallest absolute Gasteiger partial charge is 0.205 e. The Morgan fingerprint density at radius 2 is 2.12 bits per heavy atom. The van der Waals surface area contributed by atoms with Crippen molar-refractivity contribution in [1.29, 1.82) is 5.26 Å². The molecule has 0 fully saturated rings. The molecule has 17 heavy (non-hydrogen) atoms. The highest BCUT2D eigenvalue weighted by molar-refractivity contribution is 5.83. The number of nitriles is 1. The van der Waals surface area contributed by atoms with E-state index in [2.05, 4.69) is 9.97 Å². The van der Waals surface area contributed by atoms with E-state index in [9.17, 15) is 0 Å². The fourth-order valence-corrected chi connectivity index (χ4v) is 1.85. The summed E-state index contributed by atoms with van der Waals surface area (Å²) in [7, 11) is 0. The third-order valence-electron chi connectivity index (χ3n) is 2.69. The van der Waals surface area contributed by atoms with E-state index in [1.54, 1.807) is 12.4 Å². The van der Waals surface area contributed by atoms with Crippen LogP contribution in [0.5, 0.6) is 5.75 Å². The number of hydrogen-bond acceptors (Lipinski definition) is 5. The summed E-state index contributed by atoms with van der Waals surface area (Å²) in [6, 6.07) is 5.78. The Bertz CT molecular complexity index is 684. The molecule has 0 atom stereocenters. The molecule has 0 unspecified atom stereocenters. The van der Waals surface area contributed by atoms with Crippen LogP contribution in [0.15, 0.2) is 36.0 Å². The number of nitrogens with zero attached hydrogens (tertiary/aromatic N) is 3. The summed E-state index contributed by atoms with van der Waals surface area (Å²) in [4.78, 5) is 8.42. The molecule has 82 valence electrons. The fourth-order valence-electron chi connectivity index (χ4n) is 1.85. The fraction of sp³-hybridized carbons (Fsp3) is 0.0833. The first-order valence-electron chi connectivity index (χ1n) is 5.09. The molecule has 1 aromatic carbocycles. The van der Waals surface area contributed by atoms with Gasteiger partial charge in [0.1, 0.15) is 11.6 Å². The van der Waals surface area contributed by atoms with Crippen molar-refractivity contribution in [2.75, 3.05) is 0 Å². The van der Waals surface area contributed by atoms with Crippen molar-refractivity contribution >= 4 is 11.0 Å². The molecule has 2 aromatic rings. The maximum atomic E-state index is 8.90. The average molecular weight is 224 g/mol. The van der Waals surface area contributed by atoms with Gasteiger partial charge in [-0.15, -0.1) is 0 Å². The third kappa shape index (κ3) is 1.39. The summed E-state index contributed by atoms with van der Waals surface area (Å²) in [5.41, 5.74) is 8.45. The molecule has 0 saturated carbocycles. The molecule has 3 rings (SSSR count). The number of nitrogens with two attached hydrogens (primary N) is 1. The van der Waals surface area contributed by atoms with Gasteiger partial charge in [-0.25, -0.2) is 4.98 Å². The van der Waals surface area contributed by atoms with Crippen LogP contribution < -0.4 is 10.5 Å². The molecule has 0 bridgehead atoms. The van der Waals surface area contributed by atoms with Gasteiger partial charge >= 0.3 is 0 Å².